The number of hydrogen-bond acceptors (Lipinski definition) is 7. The van der Waals surface area contributed by atoms with Crippen LogP contribution in [0.15, 0.2) is 12.5 Å². The number of nitrogens with one attached hydrogen (secondary N) is 4. The Morgan fingerprint density at radius 3 is 2.17 bits per heavy atom. The smallest absolute Gasteiger partial charge is 0.325 e. The zero-order chi connectivity index (χ0) is 22.8. The lowest BCUT2D eigenvalue weighted by molar-refractivity contribution is -0.142. The Morgan fingerprint density at radius 1 is 1.07 bits per heavy atom. The molecule has 12 heteroatoms. The van der Waals surface area contributed by atoms with E-state index in [0.717, 1.165) is 0 Å². The maximum atomic E-state index is 12.9. The summed E-state index contributed by atoms with van der Waals surface area (Å²) in [5.74, 6) is -3.23. The lowest BCUT2D eigenvalue weighted by atomic mass is 10.0. The fourth-order valence-corrected chi connectivity index (χ4v) is 2.54. The van der Waals surface area contributed by atoms with Crippen molar-refractivity contribution in [2.75, 3.05) is 6.61 Å². The molecule has 0 bridgehead atoms. The highest BCUT2D eigenvalue weighted by Crippen LogP contribution is 2.07. The van der Waals surface area contributed by atoms with Crippen molar-refractivity contribution < 1.29 is 29.4 Å². The predicted molar refractivity (Wildman–Crippen MR) is 106 cm³/mol. The van der Waals surface area contributed by atoms with Crippen LogP contribution in [0.3, 0.4) is 0 Å². The summed E-state index contributed by atoms with van der Waals surface area (Å²) in [7, 11) is 0. The van der Waals surface area contributed by atoms with Crippen molar-refractivity contribution in [2.45, 2.75) is 57.8 Å². The minimum absolute atomic E-state index is 0.0182. The van der Waals surface area contributed by atoms with Crippen LogP contribution < -0.4 is 21.7 Å². The number of imidazole rings is 1. The van der Waals surface area contributed by atoms with Crippen molar-refractivity contribution in [2.24, 2.45) is 11.7 Å². The molecule has 1 rings (SSSR count). The number of carbonyl (C=O) groups is 4. The van der Waals surface area contributed by atoms with Crippen LogP contribution in [0.25, 0.3) is 0 Å². The zero-order valence-corrected chi connectivity index (χ0v) is 17.2. The lowest BCUT2D eigenvalue weighted by Crippen LogP contribution is -2.58. The second-order valence-corrected chi connectivity index (χ2v) is 7.39. The first-order valence-corrected chi connectivity index (χ1v) is 9.52. The SMILES string of the molecule is CC(C)CC(NC(=O)C(Cc1cnc[nH]1)NC(=O)C(N)CO)C(=O)NC(C)C(=O)O. The van der Waals surface area contributed by atoms with Crippen LogP contribution in [0.1, 0.15) is 32.9 Å². The van der Waals surface area contributed by atoms with Crippen LogP contribution in [0.2, 0.25) is 0 Å². The number of aliphatic hydroxyl groups excluding tert-OH is 1. The number of carbonyl (C=O) groups excluding carboxylic acids is 3. The van der Waals surface area contributed by atoms with Crippen LogP contribution in [0.5, 0.6) is 0 Å². The normalized spacial score (nSPS) is 15.0. The highest BCUT2D eigenvalue weighted by Gasteiger charge is 2.30. The Labute approximate surface area is 174 Å². The van der Waals surface area contributed by atoms with Gasteiger partial charge in [0.05, 0.1) is 12.9 Å². The Bertz CT molecular complexity index is 723. The molecule has 0 aliphatic carbocycles. The third kappa shape index (κ3) is 8.17. The molecule has 0 saturated heterocycles. The highest BCUT2D eigenvalue weighted by molar-refractivity contribution is 5.94. The van der Waals surface area contributed by atoms with E-state index in [9.17, 15) is 19.2 Å². The number of aromatic nitrogens is 2. The quantitative estimate of drug-likeness (QED) is 0.196. The first-order chi connectivity index (χ1) is 14.0. The highest BCUT2D eigenvalue weighted by atomic mass is 16.4. The number of nitrogens with two attached hydrogens (primary N) is 1. The number of amides is 3. The van der Waals surface area contributed by atoms with Gasteiger partial charge in [-0.05, 0) is 19.3 Å². The van der Waals surface area contributed by atoms with Gasteiger partial charge in [-0.15, -0.1) is 0 Å². The topological polar surface area (TPSA) is 200 Å². The molecule has 1 aromatic heterocycles. The molecule has 168 valence electrons. The molecule has 1 aromatic rings. The molecule has 0 fully saturated rings. The summed E-state index contributed by atoms with van der Waals surface area (Å²) in [4.78, 5) is 55.1. The lowest BCUT2D eigenvalue weighted by Gasteiger charge is -2.25. The summed E-state index contributed by atoms with van der Waals surface area (Å²) in [5.41, 5.74) is 6.06. The average Bonchev–Trinajstić information content (AvgIpc) is 3.18. The van der Waals surface area contributed by atoms with E-state index in [1.165, 1.54) is 19.4 Å². The van der Waals surface area contributed by atoms with Crippen molar-refractivity contribution in [3.05, 3.63) is 18.2 Å². The molecule has 1 heterocycles. The number of H-pyrrole nitrogens is 1. The largest absolute Gasteiger partial charge is 0.480 e. The van der Waals surface area contributed by atoms with Crippen molar-refractivity contribution in [3.63, 3.8) is 0 Å². The van der Waals surface area contributed by atoms with Crippen LogP contribution in [-0.2, 0) is 25.6 Å². The van der Waals surface area contributed by atoms with Crippen molar-refractivity contribution >= 4 is 23.7 Å². The molecule has 0 aliphatic rings. The van der Waals surface area contributed by atoms with E-state index in [1.807, 2.05) is 13.8 Å². The standard InChI is InChI=1S/C18H30N6O6/c1-9(2)4-13(16(27)22-10(3)18(29)30)24-17(28)14(5-11-6-20-8-21-11)23-15(26)12(19)7-25/h6,8-10,12-14,25H,4-5,7,19H2,1-3H3,(H,20,21)(H,22,27)(H,23,26)(H,24,28)(H,29,30). The van der Waals surface area contributed by atoms with Gasteiger partial charge >= 0.3 is 5.97 Å². The third-order valence-electron chi connectivity index (χ3n) is 4.21. The van der Waals surface area contributed by atoms with Gasteiger partial charge in [0.15, 0.2) is 0 Å². The van der Waals surface area contributed by atoms with Gasteiger partial charge in [0.2, 0.25) is 17.7 Å². The van der Waals surface area contributed by atoms with E-state index in [1.54, 1.807) is 0 Å². The van der Waals surface area contributed by atoms with E-state index >= 15 is 0 Å². The molecule has 0 spiro atoms. The molecule has 0 radical (unpaired) electrons. The van der Waals surface area contributed by atoms with Gasteiger partial charge in [-0.2, -0.15) is 0 Å². The van der Waals surface area contributed by atoms with Crippen LogP contribution in [0, 0.1) is 5.92 Å². The number of aliphatic carboxylic acids is 1. The van der Waals surface area contributed by atoms with E-state index in [-0.39, 0.29) is 18.8 Å². The number of carboxylic acid groups (broad SMARTS) is 1. The summed E-state index contributed by atoms with van der Waals surface area (Å²) in [6.45, 7) is 4.40. The Morgan fingerprint density at radius 2 is 1.67 bits per heavy atom. The number of rotatable bonds is 12. The second-order valence-electron chi connectivity index (χ2n) is 7.39. The van der Waals surface area contributed by atoms with Gasteiger partial charge in [-0.3, -0.25) is 19.2 Å². The van der Waals surface area contributed by atoms with E-state index in [4.69, 9.17) is 15.9 Å². The fourth-order valence-electron chi connectivity index (χ4n) is 2.54. The van der Waals surface area contributed by atoms with Crippen molar-refractivity contribution in [3.8, 4) is 0 Å². The Hall–Kier alpha value is -2.99. The van der Waals surface area contributed by atoms with Gasteiger partial charge < -0.3 is 36.9 Å². The molecule has 4 unspecified atom stereocenters. The molecule has 12 nitrogen and oxygen atoms in total. The maximum Gasteiger partial charge on any atom is 0.325 e. The number of carboxylic acids is 1. The molecule has 0 aliphatic heterocycles. The van der Waals surface area contributed by atoms with E-state index in [0.29, 0.717) is 5.69 Å². The van der Waals surface area contributed by atoms with E-state index in [2.05, 4.69) is 25.9 Å². The first-order valence-electron chi connectivity index (χ1n) is 9.52. The number of aliphatic hydroxyl groups is 1. The Balaban J connectivity index is 2.97. The molecule has 3 amide bonds. The van der Waals surface area contributed by atoms with Gasteiger partial charge in [-0.25, -0.2) is 4.98 Å². The second kappa shape index (κ2) is 11.9. The summed E-state index contributed by atoms with van der Waals surface area (Å²) < 4.78 is 0. The molecule has 0 aromatic carbocycles. The molecular formula is C18H30N6O6. The predicted octanol–water partition coefficient (Wildman–Crippen LogP) is -2.12. The monoisotopic (exact) mass is 426 g/mol. The summed E-state index contributed by atoms with van der Waals surface area (Å²) in [6.07, 6.45) is 3.18. The van der Waals surface area contributed by atoms with Crippen LogP contribution in [-0.4, -0.2) is 74.6 Å². The maximum absolute atomic E-state index is 12.9. The Kier molecular flexibility index (Phi) is 9.92. The van der Waals surface area contributed by atoms with Crippen LogP contribution >= 0.6 is 0 Å². The average molecular weight is 426 g/mol. The van der Waals surface area contributed by atoms with Crippen LogP contribution in [0.4, 0.5) is 0 Å². The fraction of sp³-hybridized carbons (Fsp3) is 0.611. The molecule has 4 atom stereocenters. The van der Waals surface area contributed by atoms with Crippen molar-refractivity contribution in [1.82, 2.24) is 25.9 Å². The molecule has 30 heavy (non-hydrogen) atoms. The van der Waals surface area contributed by atoms with Gasteiger partial charge in [0, 0.05) is 18.3 Å². The third-order valence-corrected chi connectivity index (χ3v) is 4.21. The number of nitrogens with zero attached hydrogens (tertiary/aromatic N) is 1. The zero-order valence-electron chi connectivity index (χ0n) is 17.2. The van der Waals surface area contributed by atoms with Gasteiger partial charge in [-0.1, -0.05) is 13.8 Å². The van der Waals surface area contributed by atoms with Gasteiger partial charge in [0.1, 0.15) is 24.2 Å². The number of hydrogen-bond donors (Lipinski definition) is 7. The summed E-state index contributed by atoms with van der Waals surface area (Å²) >= 11 is 0. The minimum atomic E-state index is -1.21. The summed E-state index contributed by atoms with van der Waals surface area (Å²) in [5, 5.41) is 25.4. The minimum Gasteiger partial charge on any atom is -0.480 e. The molecule has 8 N–H and O–H groups in total. The first kappa shape index (κ1) is 25.0. The van der Waals surface area contributed by atoms with Gasteiger partial charge in [0.25, 0.3) is 0 Å². The summed E-state index contributed by atoms with van der Waals surface area (Å²) in [6, 6.07) is -4.46. The molecular weight excluding hydrogens is 396 g/mol. The molecule has 0 saturated carbocycles. The van der Waals surface area contributed by atoms with Crippen molar-refractivity contribution in [1.29, 1.82) is 0 Å². The van der Waals surface area contributed by atoms with E-state index < -0.39 is 54.5 Å². The number of aromatic amines is 1.